The van der Waals surface area contributed by atoms with E-state index in [2.05, 4.69) is 60.1 Å². The van der Waals surface area contributed by atoms with Crippen LogP contribution < -0.4 is 19.1 Å². The van der Waals surface area contributed by atoms with Crippen LogP contribution in [0.15, 0.2) is 60.7 Å². The lowest BCUT2D eigenvalue weighted by Crippen LogP contribution is -2.24. The van der Waals surface area contributed by atoms with Gasteiger partial charge < -0.3 is 23.8 Å². The van der Waals surface area contributed by atoms with E-state index in [1.165, 1.54) is 22.4 Å². The van der Waals surface area contributed by atoms with Crippen LogP contribution in [0, 0.1) is 11.8 Å². The maximum absolute atomic E-state index is 12.2. The van der Waals surface area contributed by atoms with Gasteiger partial charge in [-0.3, -0.25) is 4.79 Å². The summed E-state index contributed by atoms with van der Waals surface area (Å²) in [6, 6.07) is 20.2. The number of ether oxygens (including phenoxy) is 4. The van der Waals surface area contributed by atoms with Gasteiger partial charge >= 0.3 is 5.97 Å². The summed E-state index contributed by atoms with van der Waals surface area (Å²) < 4.78 is 23.4. The van der Waals surface area contributed by atoms with Gasteiger partial charge in [-0.15, -0.1) is 11.8 Å². The van der Waals surface area contributed by atoms with Gasteiger partial charge in [0.1, 0.15) is 18.5 Å². The van der Waals surface area contributed by atoms with Gasteiger partial charge in [-0.05, 0) is 73.4 Å². The van der Waals surface area contributed by atoms with Crippen LogP contribution >= 0.6 is 0 Å². The summed E-state index contributed by atoms with van der Waals surface area (Å²) in [7, 11) is 0. The van der Waals surface area contributed by atoms with E-state index in [1.54, 1.807) is 13.0 Å². The van der Waals surface area contributed by atoms with Crippen molar-refractivity contribution in [1.29, 1.82) is 0 Å². The van der Waals surface area contributed by atoms with Crippen molar-refractivity contribution >= 4 is 11.7 Å². The lowest BCUT2D eigenvalue weighted by molar-refractivity contribution is -0.134. The second kappa shape index (κ2) is 12.7. The summed E-state index contributed by atoms with van der Waals surface area (Å²) in [6.07, 6.45) is 2.73. The van der Waals surface area contributed by atoms with E-state index in [0.29, 0.717) is 31.1 Å². The molecule has 39 heavy (non-hydrogen) atoms. The zero-order chi connectivity index (χ0) is 27.0. The molecule has 0 aromatic heterocycles. The van der Waals surface area contributed by atoms with Gasteiger partial charge in [0, 0.05) is 37.2 Å². The molecule has 0 amide bonds. The molecule has 5 rings (SSSR count). The Morgan fingerprint density at radius 2 is 1.95 bits per heavy atom. The van der Waals surface area contributed by atoms with E-state index in [9.17, 15) is 4.79 Å². The third-order valence-electron chi connectivity index (χ3n) is 7.09. The minimum atomic E-state index is -0.320. The monoisotopic (exact) mass is 525 g/mol. The van der Waals surface area contributed by atoms with Crippen LogP contribution in [-0.2, 0) is 22.6 Å². The van der Waals surface area contributed by atoms with Gasteiger partial charge in [-0.2, -0.15) is 0 Å². The van der Waals surface area contributed by atoms with Crippen molar-refractivity contribution in [1.82, 2.24) is 0 Å². The molecule has 2 aliphatic rings. The highest BCUT2D eigenvalue weighted by atomic mass is 16.6. The third kappa shape index (κ3) is 6.55. The maximum atomic E-state index is 12.2. The lowest BCUT2D eigenvalue weighted by atomic mass is 9.96. The fourth-order valence-corrected chi connectivity index (χ4v) is 5.06. The van der Waals surface area contributed by atoms with Crippen LogP contribution in [-0.4, -0.2) is 38.4 Å². The van der Waals surface area contributed by atoms with Crippen LogP contribution in [0.5, 0.6) is 17.2 Å². The zero-order valence-corrected chi connectivity index (χ0v) is 22.7. The van der Waals surface area contributed by atoms with E-state index in [-0.39, 0.29) is 18.5 Å². The van der Waals surface area contributed by atoms with E-state index >= 15 is 0 Å². The highest BCUT2D eigenvalue weighted by molar-refractivity contribution is 5.83. The topological polar surface area (TPSA) is 57.2 Å². The predicted molar refractivity (Wildman–Crippen MR) is 152 cm³/mol. The van der Waals surface area contributed by atoms with E-state index in [0.717, 1.165) is 43.9 Å². The molecule has 1 atom stereocenters. The number of anilines is 1. The average Bonchev–Trinajstić information content (AvgIpc) is 3.41. The minimum Gasteiger partial charge on any atom is -0.488 e. The molecule has 2 heterocycles. The quantitative estimate of drug-likeness (QED) is 0.189. The van der Waals surface area contributed by atoms with Crippen molar-refractivity contribution in [3.05, 3.63) is 71.8 Å². The fraction of sp³-hybridized carbons (Fsp3) is 0.364. The van der Waals surface area contributed by atoms with Gasteiger partial charge in [-0.25, -0.2) is 0 Å². The van der Waals surface area contributed by atoms with Crippen molar-refractivity contribution < 1.29 is 23.7 Å². The zero-order valence-electron chi connectivity index (χ0n) is 22.7. The van der Waals surface area contributed by atoms with Gasteiger partial charge in [0.2, 0.25) is 0 Å². The highest BCUT2D eigenvalue weighted by Gasteiger charge is 2.22. The Balaban J connectivity index is 1.35. The number of esters is 1. The van der Waals surface area contributed by atoms with Crippen molar-refractivity contribution in [3.63, 3.8) is 0 Å². The van der Waals surface area contributed by atoms with Crippen LogP contribution in [0.2, 0.25) is 0 Å². The molecule has 3 aromatic rings. The van der Waals surface area contributed by atoms with Crippen LogP contribution in [0.4, 0.5) is 5.69 Å². The maximum Gasteiger partial charge on any atom is 0.312 e. The molecule has 0 unspecified atom stereocenters. The molecule has 0 saturated carbocycles. The van der Waals surface area contributed by atoms with Crippen LogP contribution in [0.3, 0.4) is 0 Å². The highest BCUT2D eigenvalue weighted by Crippen LogP contribution is 2.39. The van der Waals surface area contributed by atoms with Gasteiger partial charge in [0.25, 0.3) is 0 Å². The van der Waals surface area contributed by atoms with Crippen molar-refractivity contribution in [3.8, 4) is 40.2 Å². The number of carbonyl (C=O) groups is 1. The summed E-state index contributed by atoms with van der Waals surface area (Å²) >= 11 is 0. The largest absolute Gasteiger partial charge is 0.488 e. The predicted octanol–water partition coefficient (Wildman–Crippen LogP) is 6.19. The van der Waals surface area contributed by atoms with Gasteiger partial charge in [0.05, 0.1) is 19.6 Å². The Bertz CT molecular complexity index is 1370. The summed E-state index contributed by atoms with van der Waals surface area (Å²) in [5.41, 5.74) is 5.97. The Hall–Kier alpha value is -3.95. The standard InChI is InChI=1S/C33H35NO5/c1-3-5-6-11-33(35)39-32-10-8-7-9-31(32)37-22-24-12-15-30-29(20-24)28-14-13-26(38-27-17-19-36-23-27)21-25(28)16-18-34(30)4-2/h7-10,12-15,20-21,27H,4,6,11,16-19,22-23H2,1-2H3/t27-/m1/s1. The number of hydrogen-bond donors (Lipinski definition) is 0. The average molecular weight is 526 g/mol. The van der Waals surface area contributed by atoms with Crippen LogP contribution in [0.1, 0.15) is 44.2 Å². The normalized spacial score (nSPS) is 15.8. The first-order valence-corrected chi connectivity index (χ1v) is 13.7. The molecule has 1 saturated heterocycles. The van der Waals surface area contributed by atoms with Gasteiger partial charge in [0.15, 0.2) is 11.5 Å². The fourth-order valence-electron chi connectivity index (χ4n) is 5.06. The molecule has 202 valence electrons. The number of likely N-dealkylation sites (N-methyl/N-ethyl adjacent to an activating group) is 1. The Morgan fingerprint density at radius 3 is 2.74 bits per heavy atom. The van der Waals surface area contributed by atoms with E-state index in [4.69, 9.17) is 18.9 Å². The Kier molecular flexibility index (Phi) is 8.70. The molecular formula is C33H35NO5. The second-order valence-corrected chi connectivity index (χ2v) is 9.74. The van der Waals surface area contributed by atoms with E-state index < -0.39 is 0 Å². The van der Waals surface area contributed by atoms with Crippen molar-refractivity contribution in [2.24, 2.45) is 0 Å². The van der Waals surface area contributed by atoms with E-state index in [1.807, 2.05) is 18.2 Å². The number of rotatable bonds is 9. The molecule has 6 heteroatoms. The molecule has 3 aromatic carbocycles. The number of para-hydroxylation sites is 2. The molecule has 0 bridgehead atoms. The number of nitrogens with zero attached hydrogens (tertiary/aromatic N) is 1. The SMILES string of the molecule is CC#CCCC(=O)Oc1ccccc1OCc1ccc2c(c1)-c1ccc(O[C@@H]3CCOC3)cc1CCN2CC. The molecule has 1 fully saturated rings. The molecule has 0 spiro atoms. The Labute approximate surface area is 230 Å². The smallest absolute Gasteiger partial charge is 0.312 e. The molecule has 0 radical (unpaired) electrons. The van der Waals surface area contributed by atoms with Gasteiger partial charge in [-0.1, -0.05) is 24.3 Å². The molecule has 6 nitrogen and oxygen atoms in total. The molecule has 0 N–H and O–H groups in total. The third-order valence-corrected chi connectivity index (χ3v) is 7.09. The second-order valence-electron chi connectivity index (χ2n) is 9.74. The van der Waals surface area contributed by atoms with Crippen molar-refractivity contribution in [2.45, 2.75) is 52.2 Å². The minimum absolute atomic E-state index is 0.129. The Morgan fingerprint density at radius 1 is 1.08 bits per heavy atom. The number of fused-ring (bicyclic) bond motifs is 3. The van der Waals surface area contributed by atoms with Crippen molar-refractivity contribution in [2.75, 3.05) is 31.2 Å². The van der Waals surface area contributed by atoms with Crippen LogP contribution in [0.25, 0.3) is 11.1 Å². The summed E-state index contributed by atoms with van der Waals surface area (Å²) in [5.74, 6) is 7.23. The molecule has 2 aliphatic heterocycles. The molecule has 0 aliphatic carbocycles. The number of benzene rings is 3. The summed E-state index contributed by atoms with van der Waals surface area (Å²) in [6.45, 7) is 7.61. The number of carbonyl (C=O) groups excluding carboxylic acids is 1. The number of hydrogen-bond acceptors (Lipinski definition) is 6. The first-order chi connectivity index (χ1) is 19.1. The molecular weight excluding hydrogens is 490 g/mol. The first kappa shape index (κ1) is 26.6. The summed E-state index contributed by atoms with van der Waals surface area (Å²) in [4.78, 5) is 14.7. The lowest BCUT2D eigenvalue weighted by Gasteiger charge is -2.23. The summed E-state index contributed by atoms with van der Waals surface area (Å²) in [5, 5.41) is 0. The first-order valence-electron chi connectivity index (χ1n) is 13.7.